The molecule has 6 nitrogen and oxygen atoms in total. The summed E-state index contributed by atoms with van der Waals surface area (Å²) >= 11 is -0.183. The van der Waals surface area contributed by atoms with E-state index >= 15 is 0 Å². The van der Waals surface area contributed by atoms with Crippen LogP contribution < -0.4 is 0 Å². The van der Waals surface area contributed by atoms with Crippen molar-refractivity contribution < 1.29 is 19.2 Å². The fraction of sp³-hybridized carbons (Fsp3) is 0.688. The number of esters is 1. The van der Waals surface area contributed by atoms with Crippen LogP contribution in [-0.2, 0) is 16.1 Å². The number of carbonyl (C=O) groups excluding carboxylic acids is 1. The normalized spacial score (nSPS) is 15.5. The van der Waals surface area contributed by atoms with Crippen LogP contribution in [0.25, 0.3) is 0 Å². The van der Waals surface area contributed by atoms with E-state index in [4.69, 9.17) is 4.74 Å². The molecule has 0 saturated carbocycles. The second-order valence-corrected chi connectivity index (χ2v) is 9.41. The van der Waals surface area contributed by atoms with Crippen LogP contribution in [-0.4, -0.2) is 37.7 Å². The largest absolute Gasteiger partial charge is 0.591 e. The highest BCUT2D eigenvalue weighted by atomic mass is 32.2. The lowest BCUT2D eigenvalue weighted by Crippen LogP contribution is -2.28. The van der Waals surface area contributed by atoms with Gasteiger partial charge >= 0.3 is 5.97 Å². The summed E-state index contributed by atoms with van der Waals surface area (Å²) in [6, 6.07) is 0. The standard InChI is InChI=1S/C16H26N2O4S2/c1-7-22-15(20)12-9-23-14(17-12)13(19)8-11(10(2)3)18-24(21)16(4,5)6/h9-10,13,19H,7-8H2,1-6H3/b18-11-/t13-,24?/m1/s1. The van der Waals surface area contributed by atoms with Crippen molar-refractivity contribution in [3.05, 3.63) is 16.1 Å². The van der Waals surface area contributed by atoms with Gasteiger partial charge in [0.25, 0.3) is 0 Å². The SMILES string of the molecule is CCOC(=O)c1csc([C@H](O)C/C(=N/[S+]([O-])C(C)(C)C)C(C)C)n1. The zero-order valence-corrected chi connectivity index (χ0v) is 16.7. The lowest BCUT2D eigenvalue weighted by atomic mass is 10.0. The smallest absolute Gasteiger partial charge is 0.357 e. The van der Waals surface area contributed by atoms with Gasteiger partial charge < -0.3 is 14.4 Å². The topological polar surface area (TPSA) is 94.8 Å². The Morgan fingerprint density at radius 1 is 1.50 bits per heavy atom. The van der Waals surface area contributed by atoms with Crippen LogP contribution in [0.3, 0.4) is 0 Å². The fourth-order valence-corrected chi connectivity index (χ4v) is 3.19. The summed E-state index contributed by atoms with van der Waals surface area (Å²) in [4.78, 5) is 15.8. The van der Waals surface area contributed by atoms with Gasteiger partial charge in [0.1, 0.15) is 27.2 Å². The maximum atomic E-state index is 12.2. The number of thiazole rings is 1. The van der Waals surface area contributed by atoms with Crippen LogP contribution in [0.15, 0.2) is 9.78 Å². The number of aliphatic hydroxyl groups excluding tert-OH is 1. The van der Waals surface area contributed by atoms with E-state index in [-0.39, 0.29) is 24.6 Å². The number of aromatic nitrogens is 1. The number of nitrogens with zero attached hydrogens (tertiary/aromatic N) is 2. The van der Waals surface area contributed by atoms with Crippen LogP contribution in [0, 0.1) is 5.92 Å². The first-order chi connectivity index (χ1) is 11.1. The molecule has 0 radical (unpaired) electrons. The Hall–Kier alpha value is -0.960. The summed E-state index contributed by atoms with van der Waals surface area (Å²) in [5, 5.41) is 12.4. The van der Waals surface area contributed by atoms with E-state index in [1.54, 1.807) is 12.3 Å². The molecular formula is C16H26N2O4S2. The number of carbonyl (C=O) groups is 1. The maximum Gasteiger partial charge on any atom is 0.357 e. The fourth-order valence-electron chi connectivity index (χ4n) is 1.65. The van der Waals surface area contributed by atoms with Gasteiger partial charge in [-0.2, -0.15) is 0 Å². The second-order valence-electron chi connectivity index (χ2n) is 6.61. The molecule has 0 aliphatic rings. The summed E-state index contributed by atoms with van der Waals surface area (Å²) < 4.78 is 21.0. The molecule has 136 valence electrons. The molecule has 1 N–H and O–H groups in total. The molecule has 1 heterocycles. The average molecular weight is 375 g/mol. The first-order valence-electron chi connectivity index (χ1n) is 7.86. The van der Waals surface area contributed by atoms with Gasteiger partial charge in [-0.1, -0.05) is 18.2 Å². The highest BCUT2D eigenvalue weighted by molar-refractivity contribution is 7.91. The summed E-state index contributed by atoms with van der Waals surface area (Å²) in [5.41, 5.74) is 0.862. The van der Waals surface area contributed by atoms with Gasteiger partial charge in [0, 0.05) is 11.8 Å². The number of hydrogen-bond acceptors (Lipinski definition) is 7. The van der Waals surface area contributed by atoms with E-state index in [1.165, 1.54) is 11.3 Å². The monoisotopic (exact) mass is 374 g/mol. The Bertz CT molecular complexity index is 579. The van der Waals surface area contributed by atoms with Gasteiger partial charge in [-0.15, -0.1) is 11.3 Å². The first kappa shape index (κ1) is 21.1. The summed E-state index contributed by atoms with van der Waals surface area (Å²) in [6.45, 7) is 11.4. The summed E-state index contributed by atoms with van der Waals surface area (Å²) in [6.07, 6.45) is -0.661. The quantitative estimate of drug-likeness (QED) is 0.449. The van der Waals surface area contributed by atoms with Gasteiger partial charge in [-0.05, 0) is 33.6 Å². The van der Waals surface area contributed by atoms with E-state index in [1.807, 2.05) is 34.6 Å². The third kappa shape index (κ3) is 6.16. The minimum atomic E-state index is -1.38. The molecule has 8 heteroatoms. The molecule has 0 saturated heterocycles. The van der Waals surface area contributed by atoms with Crippen LogP contribution in [0.1, 0.15) is 69.6 Å². The highest BCUT2D eigenvalue weighted by Gasteiger charge is 2.29. The Balaban J connectivity index is 2.88. The number of rotatable bonds is 7. The van der Waals surface area contributed by atoms with Crippen molar-refractivity contribution in [2.45, 2.75) is 58.8 Å². The molecule has 1 rings (SSSR count). The van der Waals surface area contributed by atoms with E-state index in [0.29, 0.717) is 10.7 Å². The van der Waals surface area contributed by atoms with Crippen molar-refractivity contribution in [1.82, 2.24) is 4.98 Å². The van der Waals surface area contributed by atoms with Crippen LogP contribution in [0.5, 0.6) is 0 Å². The van der Waals surface area contributed by atoms with E-state index in [2.05, 4.69) is 9.38 Å². The molecule has 1 aromatic heterocycles. The second kappa shape index (κ2) is 8.94. The molecule has 0 aliphatic heterocycles. The van der Waals surface area contributed by atoms with E-state index < -0.39 is 28.2 Å². The van der Waals surface area contributed by atoms with Crippen molar-refractivity contribution in [1.29, 1.82) is 0 Å². The maximum absolute atomic E-state index is 12.2. The molecule has 0 aromatic carbocycles. The predicted octanol–water partition coefficient (Wildman–Crippen LogP) is 3.30. The number of aliphatic hydroxyl groups is 1. The average Bonchev–Trinajstić information content (AvgIpc) is 2.95. The lowest BCUT2D eigenvalue weighted by molar-refractivity contribution is 0.0519. The van der Waals surface area contributed by atoms with Crippen LogP contribution in [0.2, 0.25) is 0 Å². The highest BCUT2D eigenvalue weighted by Crippen LogP contribution is 2.25. The third-order valence-electron chi connectivity index (χ3n) is 3.08. The minimum absolute atomic E-state index is 0.0513. The zero-order valence-electron chi connectivity index (χ0n) is 15.0. The van der Waals surface area contributed by atoms with E-state index in [0.717, 1.165) is 0 Å². The Kier molecular flexibility index (Phi) is 7.85. The van der Waals surface area contributed by atoms with Gasteiger partial charge in [-0.25, -0.2) is 9.78 Å². The molecule has 0 amide bonds. The predicted molar refractivity (Wildman–Crippen MR) is 97.8 cm³/mol. The minimum Gasteiger partial charge on any atom is -0.591 e. The molecule has 24 heavy (non-hydrogen) atoms. The molecule has 0 bridgehead atoms. The molecule has 0 aliphatic carbocycles. The van der Waals surface area contributed by atoms with Crippen LogP contribution >= 0.6 is 11.3 Å². The van der Waals surface area contributed by atoms with Crippen molar-refractivity contribution in [3.63, 3.8) is 0 Å². The Labute approximate surface area is 150 Å². The van der Waals surface area contributed by atoms with Gasteiger partial charge in [0.2, 0.25) is 0 Å². The lowest BCUT2D eigenvalue weighted by Gasteiger charge is -2.21. The number of hydrogen-bond donors (Lipinski definition) is 1. The van der Waals surface area contributed by atoms with Crippen molar-refractivity contribution in [2.24, 2.45) is 10.3 Å². The van der Waals surface area contributed by atoms with Gasteiger partial charge in [0.15, 0.2) is 5.69 Å². The molecule has 1 aromatic rings. The van der Waals surface area contributed by atoms with Crippen molar-refractivity contribution in [3.8, 4) is 0 Å². The first-order valence-corrected chi connectivity index (χ1v) is 9.85. The third-order valence-corrected chi connectivity index (χ3v) is 5.48. The molecule has 0 fully saturated rings. The molecular weight excluding hydrogens is 348 g/mol. The van der Waals surface area contributed by atoms with Crippen LogP contribution in [0.4, 0.5) is 0 Å². The summed E-state index contributed by atoms with van der Waals surface area (Å²) in [7, 11) is 0. The summed E-state index contributed by atoms with van der Waals surface area (Å²) in [5.74, 6) is -0.450. The van der Waals surface area contributed by atoms with Gasteiger partial charge in [0.05, 0.1) is 12.3 Å². The van der Waals surface area contributed by atoms with Gasteiger partial charge in [-0.3, -0.25) is 0 Å². The number of ether oxygens (including phenoxy) is 1. The van der Waals surface area contributed by atoms with Crippen molar-refractivity contribution in [2.75, 3.05) is 6.61 Å². The zero-order chi connectivity index (χ0) is 18.5. The Morgan fingerprint density at radius 2 is 2.12 bits per heavy atom. The molecule has 0 spiro atoms. The Morgan fingerprint density at radius 3 is 2.62 bits per heavy atom. The van der Waals surface area contributed by atoms with E-state index in [9.17, 15) is 14.5 Å². The molecule has 1 unspecified atom stereocenters. The molecule has 2 atom stereocenters. The van der Waals surface area contributed by atoms with Crippen molar-refractivity contribution >= 4 is 34.4 Å².